The van der Waals surface area contributed by atoms with Crippen molar-refractivity contribution in [2.75, 3.05) is 6.61 Å². The molecule has 4 heteroatoms. The molecule has 148 valence electrons. The fourth-order valence-corrected chi connectivity index (χ4v) is 7.58. The number of carbonyl (C=O) groups excluding carboxylic acids is 1. The second-order valence-electron chi connectivity index (χ2n) is 10.5. The lowest BCUT2D eigenvalue weighted by Crippen LogP contribution is -2.40. The van der Waals surface area contributed by atoms with Gasteiger partial charge >= 0.3 is 0 Å². The Morgan fingerprint density at radius 3 is 2.69 bits per heavy atom. The lowest BCUT2D eigenvalue weighted by Gasteiger charge is -2.42. The van der Waals surface area contributed by atoms with Crippen LogP contribution in [0, 0.1) is 23.2 Å². The molecule has 0 aliphatic heterocycles. The van der Waals surface area contributed by atoms with Crippen LogP contribution < -0.4 is 0 Å². The molecule has 2 saturated carbocycles. The minimum absolute atomic E-state index is 0.164. The average Bonchev–Trinajstić information content (AvgIpc) is 3.04. The standard InChI is InChI=1S/C22H38O3Si/c1-16(18-9-10-19-20(23)8-7-12-22(18,19)3)15-24-17-11-13-21(2,14-17)25-26(4,5)6/h11,13,16-19H,7-10,12,14-15H2,1-6H3/t16-,17+,18+,19?,21+,22+/m0/s1. The SMILES string of the molecule is C[C@@H](CO[C@@H]1C=C[C@@](C)(O[Si](C)(C)C)C1)[C@H]1CCC2C(=O)CCC[C@@]21C. The molecule has 3 aliphatic rings. The van der Waals surface area contributed by atoms with Crippen LogP contribution in [-0.2, 0) is 14.0 Å². The van der Waals surface area contributed by atoms with E-state index in [0.29, 0.717) is 23.5 Å². The van der Waals surface area contributed by atoms with E-state index in [1.807, 2.05) is 0 Å². The zero-order chi connectivity index (χ0) is 19.2. The van der Waals surface area contributed by atoms with E-state index in [4.69, 9.17) is 9.16 Å². The van der Waals surface area contributed by atoms with Gasteiger partial charge in [0.15, 0.2) is 8.32 Å². The minimum atomic E-state index is -1.56. The molecule has 2 fully saturated rings. The Morgan fingerprint density at radius 1 is 1.27 bits per heavy atom. The maximum absolute atomic E-state index is 12.4. The fourth-order valence-electron chi connectivity index (χ4n) is 6.03. The van der Waals surface area contributed by atoms with Gasteiger partial charge in [0.2, 0.25) is 0 Å². The molecular weight excluding hydrogens is 340 g/mol. The van der Waals surface area contributed by atoms with Gasteiger partial charge < -0.3 is 9.16 Å². The number of carbonyl (C=O) groups is 1. The highest BCUT2D eigenvalue weighted by atomic mass is 28.4. The van der Waals surface area contributed by atoms with Crippen LogP contribution in [0.4, 0.5) is 0 Å². The zero-order valence-corrected chi connectivity index (χ0v) is 18.6. The first-order valence-corrected chi connectivity index (χ1v) is 14.0. The summed E-state index contributed by atoms with van der Waals surface area (Å²) in [6.07, 6.45) is 10.9. The first-order chi connectivity index (χ1) is 12.0. The van der Waals surface area contributed by atoms with E-state index in [2.05, 4.69) is 52.6 Å². The van der Waals surface area contributed by atoms with Crippen LogP contribution in [0.25, 0.3) is 0 Å². The molecule has 0 aromatic carbocycles. The van der Waals surface area contributed by atoms with Crippen LogP contribution in [-0.4, -0.2) is 32.4 Å². The molecule has 0 saturated heterocycles. The van der Waals surface area contributed by atoms with Gasteiger partial charge in [-0.15, -0.1) is 0 Å². The summed E-state index contributed by atoms with van der Waals surface area (Å²) >= 11 is 0. The molecule has 3 nitrogen and oxygen atoms in total. The summed E-state index contributed by atoms with van der Waals surface area (Å²) in [5.41, 5.74) is 0.0394. The number of Topliss-reactive ketones (excluding diaryl/α,β-unsaturated/α-hetero) is 1. The normalized spacial score (nSPS) is 41.5. The molecular formula is C22H38O3Si. The van der Waals surface area contributed by atoms with Gasteiger partial charge in [-0.2, -0.15) is 0 Å². The molecule has 0 heterocycles. The third kappa shape index (κ3) is 4.17. The molecule has 3 aliphatic carbocycles. The Bertz CT molecular complexity index is 566. The Balaban J connectivity index is 1.53. The average molecular weight is 379 g/mol. The Morgan fingerprint density at radius 2 is 2.00 bits per heavy atom. The lowest BCUT2D eigenvalue weighted by molar-refractivity contribution is -0.130. The Hall–Kier alpha value is -0.453. The van der Waals surface area contributed by atoms with Gasteiger partial charge in [-0.3, -0.25) is 4.79 Å². The van der Waals surface area contributed by atoms with Crippen LogP contribution in [0.15, 0.2) is 12.2 Å². The molecule has 0 aromatic heterocycles. The largest absolute Gasteiger partial charge is 0.409 e. The molecule has 3 rings (SSSR count). The molecule has 0 amide bonds. The predicted molar refractivity (Wildman–Crippen MR) is 109 cm³/mol. The summed E-state index contributed by atoms with van der Waals surface area (Å²) < 4.78 is 12.7. The summed E-state index contributed by atoms with van der Waals surface area (Å²) in [6.45, 7) is 14.4. The van der Waals surface area contributed by atoms with Crippen molar-refractivity contribution in [2.45, 2.75) is 90.6 Å². The number of hydrogen-bond donors (Lipinski definition) is 0. The van der Waals surface area contributed by atoms with E-state index in [-0.39, 0.29) is 17.1 Å². The van der Waals surface area contributed by atoms with Gasteiger partial charge in [-0.25, -0.2) is 0 Å². The van der Waals surface area contributed by atoms with E-state index in [9.17, 15) is 4.79 Å². The smallest absolute Gasteiger partial charge is 0.184 e. The van der Waals surface area contributed by atoms with Crippen molar-refractivity contribution in [1.29, 1.82) is 0 Å². The maximum atomic E-state index is 12.4. The van der Waals surface area contributed by atoms with Crippen LogP contribution >= 0.6 is 0 Å². The first kappa shape index (κ1) is 20.3. The highest BCUT2D eigenvalue weighted by Crippen LogP contribution is 2.56. The van der Waals surface area contributed by atoms with Gasteiger partial charge in [-0.1, -0.05) is 26.0 Å². The molecule has 0 radical (unpaired) electrons. The van der Waals surface area contributed by atoms with E-state index in [1.165, 1.54) is 12.8 Å². The number of fused-ring (bicyclic) bond motifs is 1. The van der Waals surface area contributed by atoms with Crippen LogP contribution in [0.1, 0.15) is 59.3 Å². The topological polar surface area (TPSA) is 35.5 Å². The first-order valence-electron chi connectivity index (χ1n) is 10.6. The van der Waals surface area contributed by atoms with Crippen molar-refractivity contribution < 1.29 is 14.0 Å². The molecule has 0 aromatic rings. The van der Waals surface area contributed by atoms with Crippen molar-refractivity contribution in [3.8, 4) is 0 Å². The zero-order valence-electron chi connectivity index (χ0n) is 17.6. The fraction of sp³-hybridized carbons (Fsp3) is 0.864. The quantitative estimate of drug-likeness (QED) is 0.461. The van der Waals surface area contributed by atoms with E-state index < -0.39 is 8.32 Å². The number of hydrogen-bond acceptors (Lipinski definition) is 3. The van der Waals surface area contributed by atoms with Gasteiger partial charge in [0.1, 0.15) is 5.78 Å². The minimum Gasteiger partial charge on any atom is -0.409 e. The molecule has 6 atom stereocenters. The summed E-state index contributed by atoms with van der Waals surface area (Å²) in [6, 6.07) is 0. The van der Waals surface area contributed by atoms with Crippen molar-refractivity contribution >= 4 is 14.1 Å². The van der Waals surface area contributed by atoms with Crippen molar-refractivity contribution in [1.82, 2.24) is 0 Å². The number of rotatable bonds is 6. The van der Waals surface area contributed by atoms with Crippen molar-refractivity contribution in [3.05, 3.63) is 12.2 Å². The van der Waals surface area contributed by atoms with Crippen LogP contribution in [0.5, 0.6) is 0 Å². The van der Waals surface area contributed by atoms with Gasteiger partial charge in [0.25, 0.3) is 0 Å². The lowest BCUT2D eigenvalue weighted by atomic mass is 9.62. The third-order valence-electron chi connectivity index (χ3n) is 7.01. The Labute approximate surface area is 161 Å². The maximum Gasteiger partial charge on any atom is 0.184 e. The molecule has 0 N–H and O–H groups in total. The summed E-state index contributed by atoms with van der Waals surface area (Å²) in [7, 11) is -1.56. The summed E-state index contributed by atoms with van der Waals surface area (Å²) in [4.78, 5) is 12.4. The summed E-state index contributed by atoms with van der Waals surface area (Å²) in [5, 5.41) is 0. The highest BCUT2D eigenvalue weighted by Gasteiger charge is 2.52. The monoisotopic (exact) mass is 378 g/mol. The highest BCUT2D eigenvalue weighted by molar-refractivity contribution is 6.69. The van der Waals surface area contributed by atoms with E-state index in [0.717, 1.165) is 32.3 Å². The third-order valence-corrected chi connectivity index (χ3v) is 8.08. The molecule has 0 spiro atoms. The number of ketones is 1. The van der Waals surface area contributed by atoms with E-state index >= 15 is 0 Å². The van der Waals surface area contributed by atoms with Crippen molar-refractivity contribution in [3.63, 3.8) is 0 Å². The Kier molecular flexibility index (Phi) is 5.60. The molecule has 26 heavy (non-hydrogen) atoms. The van der Waals surface area contributed by atoms with Crippen molar-refractivity contribution in [2.24, 2.45) is 23.2 Å². The van der Waals surface area contributed by atoms with Crippen LogP contribution in [0.2, 0.25) is 19.6 Å². The molecule has 0 bridgehead atoms. The van der Waals surface area contributed by atoms with Crippen LogP contribution in [0.3, 0.4) is 0 Å². The van der Waals surface area contributed by atoms with Gasteiger partial charge in [-0.05, 0) is 69.5 Å². The van der Waals surface area contributed by atoms with E-state index in [1.54, 1.807) is 0 Å². The van der Waals surface area contributed by atoms with Gasteiger partial charge in [0, 0.05) is 18.8 Å². The second-order valence-corrected chi connectivity index (χ2v) is 14.9. The second kappa shape index (κ2) is 7.18. The molecule has 1 unspecified atom stereocenters. The summed E-state index contributed by atoms with van der Waals surface area (Å²) in [5.74, 6) is 1.96. The van der Waals surface area contributed by atoms with Gasteiger partial charge in [0.05, 0.1) is 18.3 Å². The number of ether oxygens (including phenoxy) is 1. The predicted octanol–water partition coefficient (Wildman–Crippen LogP) is 5.36.